The number of aromatic carboxylic acids is 1. The number of rotatable bonds is 4. The number of aryl methyl sites for hydroxylation is 2. The van der Waals surface area contributed by atoms with Crippen LogP contribution in [0.5, 0.6) is 0 Å². The molecule has 0 saturated carbocycles. The van der Waals surface area contributed by atoms with Gasteiger partial charge in [0.15, 0.2) is 9.84 Å². The highest BCUT2D eigenvalue weighted by Crippen LogP contribution is 2.22. The van der Waals surface area contributed by atoms with Gasteiger partial charge in [0.2, 0.25) is 0 Å². The van der Waals surface area contributed by atoms with Crippen LogP contribution in [0.4, 0.5) is 0 Å². The van der Waals surface area contributed by atoms with E-state index in [9.17, 15) is 18.3 Å². The average Bonchev–Trinajstić information content (AvgIpc) is 2.37. The molecule has 2 rings (SSSR count). The Kier molecular flexibility index (Phi) is 4.14. The van der Waals surface area contributed by atoms with Crippen LogP contribution in [0.3, 0.4) is 0 Å². The van der Waals surface area contributed by atoms with Crippen molar-refractivity contribution in [3.8, 4) is 0 Å². The molecule has 0 radical (unpaired) electrons. The molecule has 2 aromatic carbocycles. The maximum Gasteiger partial charge on any atom is 0.337 e. The third-order valence-electron chi connectivity index (χ3n) is 3.14. The van der Waals surface area contributed by atoms with Crippen molar-refractivity contribution in [2.45, 2.75) is 24.5 Å². The first-order chi connectivity index (χ1) is 9.79. The minimum atomic E-state index is -3.70. The first kappa shape index (κ1) is 15.3. The van der Waals surface area contributed by atoms with Gasteiger partial charge in [0, 0.05) is 0 Å². The second-order valence-electron chi connectivity index (χ2n) is 5.05. The number of carboxylic acids is 1. The van der Waals surface area contributed by atoms with Crippen molar-refractivity contribution in [2.75, 3.05) is 0 Å². The molecule has 0 heterocycles. The van der Waals surface area contributed by atoms with Crippen molar-refractivity contribution in [1.82, 2.24) is 0 Å². The van der Waals surface area contributed by atoms with E-state index in [2.05, 4.69) is 0 Å². The topological polar surface area (TPSA) is 71.4 Å². The molecule has 110 valence electrons. The van der Waals surface area contributed by atoms with Gasteiger partial charge in [-0.3, -0.25) is 0 Å². The largest absolute Gasteiger partial charge is 0.478 e. The minimum Gasteiger partial charge on any atom is -0.478 e. The fraction of sp³-hybridized carbons (Fsp3) is 0.188. The second kappa shape index (κ2) is 5.69. The quantitative estimate of drug-likeness (QED) is 0.942. The van der Waals surface area contributed by atoms with E-state index < -0.39 is 15.8 Å². The van der Waals surface area contributed by atoms with Crippen molar-refractivity contribution in [1.29, 1.82) is 0 Å². The molecule has 0 bridgehead atoms. The number of carboxylic acid groups (broad SMARTS) is 1. The first-order valence-corrected chi connectivity index (χ1v) is 8.07. The van der Waals surface area contributed by atoms with E-state index in [1.807, 2.05) is 13.0 Å². The van der Waals surface area contributed by atoms with Crippen LogP contribution >= 0.6 is 0 Å². The minimum absolute atomic E-state index is 0.137. The lowest BCUT2D eigenvalue weighted by Crippen LogP contribution is -2.11. The molecule has 5 heteroatoms. The molecule has 0 aliphatic rings. The van der Waals surface area contributed by atoms with Gasteiger partial charge >= 0.3 is 5.97 Å². The van der Waals surface area contributed by atoms with Crippen molar-refractivity contribution < 1.29 is 18.3 Å². The Labute approximate surface area is 124 Å². The lowest BCUT2D eigenvalue weighted by atomic mass is 10.1. The highest BCUT2D eigenvalue weighted by atomic mass is 32.2. The SMILES string of the molecule is Cc1cccc(CS(=O)(=O)c2ccc(C)cc2C(=O)O)c1. The third kappa shape index (κ3) is 3.49. The fourth-order valence-corrected chi connectivity index (χ4v) is 3.71. The Bertz CT molecular complexity index is 792. The molecule has 0 spiro atoms. The molecule has 2 aromatic rings. The van der Waals surface area contributed by atoms with Gasteiger partial charge in [0.25, 0.3) is 0 Å². The zero-order valence-corrected chi connectivity index (χ0v) is 12.6. The van der Waals surface area contributed by atoms with Crippen molar-refractivity contribution in [3.05, 3.63) is 64.7 Å². The summed E-state index contributed by atoms with van der Waals surface area (Å²) < 4.78 is 25.0. The zero-order chi connectivity index (χ0) is 15.6. The molecule has 0 fully saturated rings. The van der Waals surface area contributed by atoms with Gasteiger partial charge < -0.3 is 5.11 Å². The normalized spacial score (nSPS) is 11.3. The van der Waals surface area contributed by atoms with Gasteiger partial charge in [0.1, 0.15) is 0 Å². The second-order valence-corrected chi connectivity index (χ2v) is 7.01. The summed E-state index contributed by atoms with van der Waals surface area (Å²) >= 11 is 0. The smallest absolute Gasteiger partial charge is 0.337 e. The maximum absolute atomic E-state index is 12.5. The summed E-state index contributed by atoms with van der Waals surface area (Å²) in [6, 6.07) is 11.5. The van der Waals surface area contributed by atoms with E-state index in [1.54, 1.807) is 31.2 Å². The summed E-state index contributed by atoms with van der Waals surface area (Å²) in [6.07, 6.45) is 0. The van der Waals surface area contributed by atoms with E-state index in [-0.39, 0.29) is 16.2 Å². The predicted octanol–water partition coefficient (Wildman–Crippen LogP) is 2.98. The zero-order valence-electron chi connectivity index (χ0n) is 11.8. The van der Waals surface area contributed by atoms with Gasteiger partial charge in [-0.1, -0.05) is 41.5 Å². The average molecular weight is 304 g/mol. The van der Waals surface area contributed by atoms with E-state index >= 15 is 0 Å². The van der Waals surface area contributed by atoms with Gasteiger partial charge in [-0.25, -0.2) is 13.2 Å². The monoisotopic (exact) mass is 304 g/mol. The number of hydrogen-bond donors (Lipinski definition) is 1. The predicted molar refractivity (Wildman–Crippen MR) is 80.2 cm³/mol. The van der Waals surface area contributed by atoms with E-state index in [4.69, 9.17) is 0 Å². The molecule has 0 atom stereocenters. The number of hydrogen-bond acceptors (Lipinski definition) is 3. The molecule has 0 unspecified atom stereocenters. The molecular formula is C16H16O4S. The molecular weight excluding hydrogens is 288 g/mol. The Morgan fingerprint density at radius 3 is 2.33 bits per heavy atom. The number of benzene rings is 2. The van der Waals surface area contributed by atoms with Gasteiger partial charge in [-0.05, 0) is 31.5 Å². The van der Waals surface area contributed by atoms with Crippen LogP contribution < -0.4 is 0 Å². The van der Waals surface area contributed by atoms with E-state index in [0.717, 1.165) is 5.56 Å². The fourth-order valence-electron chi connectivity index (χ4n) is 2.18. The summed E-state index contributed by atoms with van der Waals surface area (Å²) in [6.45, 7) is 3.61. The highest BCUT2D eigenvalue weighted by molar-refractivity contribution is 7.90. The van der Waals surface area contributed by atoms with Crippen LogP contribution in [0, 0.1) is 13.8 Å². The van der Waals surface area contributed by atoms with Gasteiger partial charge in [-0.2, -0.15) is 0 Å². The highest BCUT2D eigenvalue weighted by Gasteiger charge is 2.22. The summed E-state index contributed by atoms with van der Waals surface area (Å²) in [5, 5.41) is 9.20. The van der Waals surface area contributed by atoms with Crippen LogP contribution in [-0.2, 0) is 15.6 Å². The Morgan fingerprint density at radius 1 is 1.05 bits per heavy atom. The van der Waals surface area contributed by atoms with Crippen LogP contribution in [0.15, 0.2) is 47.4 Å². The molecule has 21 heavy (non-hydrogen) atoms. The lowest BCUT2D eigenvalue weighted by molar-refractivity contribution is 0.0692. The number of carbonyl (C=O) groups is 1. The van der Waals surface area contributed by atoms with Gasteiger partial charge in [-0.15, -0.1) is 0 Å². The summed E-state index contributed by atoms with van der Waals surface area (Å²) in [5.74, 6) is -1.45. The van der Waals surface area contributed by atoms with Crippen LogP contribution in [0.1, 0.15) is 27.0 Å². The summed E-state index contributed by atoms with van der Waals surface area (Å²) in [4.78, 5) is 11.1. The standard InChI is InChI=1S/C16H16O4S/c1-11-4-3-5-13(8-11)10-21(19,20)15-7-6-12(2)9-14(15)16(17)18/h3-9H,10H2,1-2H3,(H,17,18). The van der Waals surface area contributed by atoms with E-state index in [1.165, 1.54) is 12.1 Å². The molecule has 0 aromatic heterocycles. The van der Waals surface area contributed by atoms with E-state index in [0.29, 0.717) is 11.1 Å². The molecule has 1 N–H and O–H groups in total. The Morgan fingerprint density at radius 2 is 1.71 bits per heavy atom. The molecule has 4 nitrogen and oxygen atoms in total. The van der Waals surface area contributed by atoms with Crippen molar-refractivity contribution >= 4 is 15.8 Å². The van der Waals surface area contributed by atoms with Crippen LogP contribution in [-0.4, -0.2) is 19.5 Å². The Hall–Kier alpha value is -2.14. The van der Waals surface area contributed by atoms with Gasteiger partial charge in [0.05, 0.1) is 16.2 Å². The van der Waals surface area contributed by atoms with Crippen molar-refractivity contribution in [3.63, 3.8) is 0 Å². The first-order valence-electron chi connectivity index (χ1n) is 6.42. The summed E-state index contributed by atoms with van der Waals surface area (Å²) in [5.41, 5.74) is 2.14. The summed E-state index contributed by atoms with van der Waals surface area (Å²) in [7, 11) is -3.70. The molecule has 0 aliphatic carbocycles. The van der Waals surface area contributed by atoms with Crippen molar-refractivity contribution in [2.24, 2.45) is 0 Å². The molecule has 0 aliphatic heterocycles. The third-order valence-corrected chi connectivity index (χ3v) is 4.88. The number of sulfone groups is 1. The molecule has 0 amide bonds. The maximum atomic E-state index is 12.5. The molecule has 0 saturated heterocycles. The Balaban J connectivity index is 2.47. The lowest BCUT2D eigenvalue weighted by Gasteiger charge is -2.09. The van der Waals surface area contributed by atoms with Crippen LogP contribution in [0.25, 0.3) is 0 Å². The van der Waals surface area contributed by atoms with Crippen LogP contribution in [0.2, 0.25) is 0 Å².